The molecule has 0 aromatic carbocycles. The van der Waals surface area contributed by atoms with Gasteiger partial charge in [-0.3, -0.25) is 0 Å². The summed E-state index contributed by atoms with van der Waals surface area (Å²) in [7, 11) is 4.32. The molecule has 0 rings (SSSR count). The van der Waals surface area contributed by atoms with Gasteiger partial charge in [0.25, 0.3) is 0 Å². The highest BCUT2D eigenvalue weighted by Gasteiger charge is 2.25. The minimum Gasteiger partial charge on any atom is -0.316 e. The fraction of sp³-hybridized carbons (Fsp3) is 1.00. The minimum atomic E-state index is 0.472. The molecule has 0 aliphatic heterocycles. The molecule has 2 heteroatoms. The van der Waals surface area contributed by atoms with Crippen LogP contribution < -0.4 is 5.32 Å². The standard InChI is InChI=1S/C11H26N2/c1-6-11(7-2,9-12-8-3)10-13(4)5/h12H,6-10H2,1-5H3. The van der Waals surface area contributed by atoms with Crippen molar-refractivity contribution in [2.24, 2.45) is 5.41 Å². The molecule has 0 atom stereocenters. The van der Waals surface area contributed by atoms with E-state index in [2.05, 4.69) is 45.1 Å². The van der Waals surface area contributed by atoms with E-state index in [1.165, 1.54) is 19.4 Å². The maximum atomic E-state index is 3.47. The van der Waals surface area contributed by atoms with Crippen LogP contribution in [0.15, 0.2) is 0 Å². The summed E-state index contributed by atoms with van der Waals surface area (Å²) in [5, 5.41) is 3.47. The molecule has 13 heavy (non-hydrogen) atoms. The molecule has 1 N–H and O–H groups in total. The van der Waals surface area contributed by atoms with E-state index >= 15 is 0 Å². The molecule has 0 spiro atoms. The van der Waals surface area contributed by atoms with Crippen LogP contribution in [0.3, 0.4) is 0 Å². The Labute approximate surface area is 83.7 Å². The summed E-state index contributed by atoms with van der Waals surface area (Å²) < 4.78 is 0. The van der Waals surface area contributed by atoms with Gasteiger partial charge in [-0.15, -0.1) is 0 Å². The van der Waals surface area contributed by atoms with Crippen LogP contribution in [0.25, 0.3) is 0 Å². The van der Waals surface area contributed by atoms with E-state index in [9.17, 15) is 0 Å². The van der Waals surface area contributed by atoms with Gasteiger partial charge in [0.15, 0.2) is 0 Å². The monoisotopic (exact) mass is 186 g/mol. The molecule has 0 aromatic heterocycles. The third-order valence-electron chi connectivity index (χ3n) is 2.90. The van der Waals surface area contributed by atoms with Crippen molar-refractivity contribution in [3.63, 3.8) is 0 Å². The highest BCUT2D eigenvalue weighted by molar-refractivity contribution is 4.81. The summed E-state index contributed by atoms with van der Waals surface area (Å²) >= 11 is 0. The smallest absolute Gasteiger partial charge is 0.00438 e. The molecular formula is C11H26N2. The van der Waals surface area contributed by atoms with Crippen LogP contribution in [0.4, 0.5) is 0 Å². The molecule has 0 saturated heterocycles. The summed E-state index contributed by atoms with van der Waals surface area (Å²) in [5.74, 6) is 0. The Morgan fingerprint density at radius 1 is 1.08 bits per heavy atom. The summed E-state index contributed by atoms with van der Waals surface area (Å²) in [6.07, 6.45) is 2.52. The molecule has 0 amide bonds. The van der Waals surface area contributed by atoms with E-state index in [4.69, 9.17) is 0 Å². The van der Waals surface area contributed by atoms with E-state index < -0.39 is 0 Å². The van der Waals surface area contributed by atoms with Crippen LogP contribution >= 0.6 is 0 Å². The van der Waals surface area contributed by atoms with E-state index in [0.29, 0.717) is 5.41 Å². The van der Waals surface area contributed by atoms with E-state index in [0.717, 1.165) is 13.1 Å². The first-order valence-electron chi connectivity index (χ1n) is 5.45. The van der Waals surface area contributed by atoms with Gasteiger partial charge in [0.05, 0.1) is 0 Å². The zero-order valence-corrected chi connectivity index (χ0v) is 9.98. The average Bonchev–Trinajstić information content (AvgIpc) is 2.12. The van der Waals surface area contributed by atoms with Gasteiger partial charge >= 0.3 is 0 Å². The molecule has 0 unspecified atom stereocenters. The van der Waals surface area contributed by atoms with Crippen molar-refractivity contribution in [1.29, 1.82) is 0 Å². The molecule has 0 radical (unpaired) electrons. The summed E-state index contributed by atoms with van der Waals surface area (Å²) in [4.78, 5) is 2.30. The Bertz CT molecular complexity index is 117. The van der Waals surface area contributed by atoms with Crippen molar-refractivity contribution in [3.05, 3.63) is 0 Å². The van der Waals surface area contributed by atoms with Crippen molar-refractivity contribution in [2.75, 3.05) is 33.7 Å². The quantitative estimate of drug-likeness (QED) is 0.654. The highest BCUT2D eigenvalue weighted by atomic mass is 15.1. The molecule has 0 saturated carbocycles. The first kappa shape index (κ1) is 12.9. The molecule has 0 fully saturated rings. The minimum absolute atomic E-state index is 0.472. The van der Waals surface area contributed by atoms with Crippen LogP contribution in [-0.2, 0) is 0 Å². The van der Waals surface area contributed by atoms with Gasteiger partial charge in [0.1, 0.15) is 0 Å². The van der Waals surface area contributed by atoms with Crippen molar-refractivity contribution in [1.82, 2.24) is 10.2 Å². The van der Waals surface area contributed by atoms with Gasteiger partial charge in [-0.1, -0.05) is 20.8 Å². The van der Waals surface area contributed by atoms with Gasteiger partial charge in [-0.25, -0.2) is 0 Å². The van der Waals surface area contributed by atoms with Gasteiger partial charge in [0, 0.05) is 13.1 Å². The maximum Gasteiger partial charge on any atom is 0.00438 e. The predicted octanol–water partition coefficient (Wildman–Crippen LogP) is 1.96. The van der Waals surface area contributed by atoms with E-state index in [-0.39, 0.29) is 0 Å². The number of hydrogen-bond acceptors (Lipinski definition) is 2. The van der Waals surface area contributed by atoms with Crippen LogP contribution in [0, 0.1) is 5.41 Å². The van der Waals surface area contributed by atoms with Crippen LogP contribution in [0.5, 0.6) is 0 Å². The lowest BCUT2D eigenvalue weighted by atomic mass is 9.82. The number of nitrogens with one attached hydrogen (secondary N) is 1. The fourth-order valence-corrected chi connectivity index (χ4v) is 1.84. The zero-order valence-electron chi connectivity index (χ0n) is 9.98. The van der Waals surface area contributed by atoms with Crippen LogP contribution in [-0.4, -0.2) is 38.6 Å². The summed E-state index contributed by atoms with van der Waals surface area (Å²) in [6, 6.07) is 0. The third kappa shape index (κ3) is 4.63. The molecule has 0 aliphatic carbocycles. The number of rotatable bonds is 7. The second-order valence-corrected chi connectivity index (χ2v) is 4.23. The van der Waals surface area contributed by atoms with Gasteiger partial charge < -0.3 is 10.2 Å². The Kier molecular flexibility index (Phi) is 6.35. The lowest BCUT2D eigenvalue weighted by Crippen LogP contribution is -2.41. The van der Waals surface area contributed by atoms with Crippen LogP contribution in [0.2, 0.25) is 0 Å². The van der Waals surface area contributed by atoms with Crippen molar-refractivity contribution >= 4 is 0 Å². The number of nitrogens with zero attached hydrogens (tertiary/aromatic N) is 1. The molecule has 80 valence electrons. The van der Waals surface area contributed by atoms with Crippen LogP contribution in [0.1, 0.15) is 33.6 Å². The normalized spacial score (nSPS) is 12.5. The Hall–Kier alpha value is -0.0800. The number of hydrogen-bond donors (Lipinski definition) is 1. The Morgan fingerprint density at radius 3 is 1.92 bits per heavy atom. The fourth-order valence-electron chi connectivity index (χ4n) is 1.84. The maximum absolute atomic E-state index is 3.47. The third-order valence-corrected chi connectivity index (χ3v) is 2.90. The second-order valence-electron chi connectivity index (χ2n) is 4.23. The average molecular weight is 186 g/mol. The summed E-state index contributed by atoms with van der Waals surface area (Å²) in [6.45, 7) is 10.2. The first-order valence-corrected chi connectivity index (χ1v) is 5.45. The van der Waals surface area contributed by atoms with Crippen molar-refractivity contribution in [2.45, 2.75) is 33.6 Å². The largest absolute Gasteiger partial charge is 0.316 e. The predicted molar refractivity (Wildman–Crippen MR) is 60.1 cm³/mol. The van der Waals surface area contributed by atoms with Crippen molar-refractivity contribution < 1.29 is 0 Å². The van der Waals surface area contributed by atoms with E-state index in [1.807, 2.05) is 0 Å². The van der Waals surface area contributed by atoms with E-state index in [1.54, 1.807) is 0 Å². The van der Waals surface area contributed by atoms with Gasteiger partial charge in [-0.2, -0.15) is 0 Å². The SMILES string of the molecule is CCNCC(CC)(CC)CN(C)C. The Balaban J connectivity index is 4.13. The molecule has 0 bridgehead atoms. The Morgan fingerprint density at radius 2 is 1.62 bits per heavy atom. The van der Waals surface area contributed by atoms with Gasteiger partial charge in [0.2, 0.25) is 0 Å². The first-order chi connectivity index (χ1) is 6.10. The molecule has 0 aromatic rings. The van der Waals surface area contributed by atoms with Crippen molar-refractivity contribution in [3.8, 4) is 0 Å². The zero-order chi connectivity index (χ0) is 10.3. The molecule has 2 nitrogen and oxygen atoms in total. The lowest BCUT2D eigenvalue weighted by Gasteiger charge is -2.34. The molecule has 0 heterocycles. The van der Waals surface area contributed by atoms with Gasteiger partial charge in [-0.05, 0) is 38.9 Å². The topological polar surface area (TPSA) is 15.3 Å². The lowest BCUT2D eigenvalue weighted by molar-refractivity contribution is 0.175. The second kappa shape index (κ2) is 6.39. The summed E-state index contributed by atoms with van der Waals surface area (Å²) in [5.41, 5.74) is 0.472. The molecule has 0 aliphatic rings. The molecular weight excluding hydrogens is 160 g/mol. The highest BCUT2D eigenvalue weighted by Crippen LogP contribution is 2.25.